The number of nitrogens with two attached hydrogens (primary N) is 1. The molecule has 3 N–H and O–H groups in total. The van der Waals surface area contributed by atoms with E-state index >= 15 is 0 Å². The fourth-order valence-electron chi connectivity index (χ4n) is 2.72. The number of H-pyrrole nitrogens is 1. The predicted octanol–water partition coefficient (Wildman–Crippen LogP) is 4.69. The zero-order valence-electron chi connectivity index (χ0n) is 14.2. The first-order chi connectivity index (χ1) is 10.5. The van der Waals surface area contributed by atoms with Gasteiger partial charge in [0.15, 0.2) is 0 Å². The number of aromatic amines is 1. The number of hydrogen-bond acceptors (Lipinski definition) is 3. The minimum atomic E-state index is 0.443. The van der Waals surface area contributed by atoms with Gasteiger partial charge in [0.1, 0.15) is 11.6 Å². The van der Waals surface area contributed by atoms with Gasteiger partial charge in [0.2, 0.25) is 0 Å². The first-order valence-corrected chi connectivity index (χ1v) is 8.04. The standard InChI is InChI=1S/C18H27N3O/c1-6-11(3)14-8-13(16-10-17(19)21-20-16)9-15(12(4)7-2)18(14)22-5/h8-12H,6-7H2,1-5H3,(H3,19,20,21). The number of methoxy groups -OCH3 is 1. The average Bonchev–Trinajstić information content (AvgIpc) is 2.98. The molecule has 0 aliphatic rings. The molecule has 120 valence electrons. The van der Waals surface area contributed by atoms with E-state index in [1.54, 1.807) is 7.11 Å². The Hall–Kier alpha value is -1.97. The molecule has 4 heteroatoms. The summed E-state index contributed by atoms with van der Waals surface area (Å²) >= 11 is 0. The molecule has 0 fully saturated rings. The van der Waals surface area contributed by atoms with Gasteiger partial charge in [-0.15, -0.1) is 0 Å². The molecule has 2 rings (SSSR count). The molecule has 1 aromatic carbocycles. The van der Waals surface area contributed by atoms with E-state index < -0.39 is 0 Å². The van der Waals surface area contributed by atoms with Gasteiger partial charge < -0.3 is 10.5 Å². The third-order valence-corrected chi connectivity index (χ3v) is 4.55. The Morgan fingerprint density at radius 2 is 1.64 bits per heavy atom. The maximum Gasteiger partial charge on any atom is 0.145 e. The van der Waals surface area contributed by atoms with Crippen LogP contribution in [0.4, 0.5) is 5.82 Å². The number of nitrogen functional groups attached to an aromatic ring is 1. The van der Waals surface area contributed by atoms with Gasteiger partial charge in [-0.3, -0.25) is 5.10 Å². The number of aromatic nitrogens is 2. The molecule has 0 aliphatic carbocycles. The Morgan fingerprint density at radius 3 is 2.00 bits per heavy atom. The van der Waals surface area contributed by atoms with Crippen molar-refractivity contribution >= 4 is 5.82 Å². The molecule has 0 aliphatic heterocycles. The molecule has 0 bridgehead atoms. The van der Waals surface area contributed by atoms with Crippen molar-refractivity contribution in [3.63, 3.8) is 0 Å². The minimum absolute atomic E-state index is 0.443. The van der Waals surface area contributed by atoms with Crippen LogP contribution < -0.4 is 10.5 Å². The maximum atomic E-state index is 5.77. The number of rotatable bonds is 6. The Labute approximate surface area is 133 Å². The van der Waals surface area contributed by atoms with Crippen molar-refractivity contribution in [1.82, 2.24) is 10.2 Å². The number of anilines is 1. The second-order valence-corrected chi connectivity index (χ2v) is 6.01. The van der Waals surface area contributed by atoms with Gasteiger partial charge in [0.25, 0.3) is 0 Å². The van der Waals surface area contributed by atoms with Crippen LogP contribution in [-0.4, -0.2) is 17.3 Å². The first kappa shape index (κ1) is 16.4. The molecular weight excluding hydrogens is 274 g/mol. The highest BCUT2D eigenvalue weighted by Crippen LogP contribution is 2.40. The van der Waals surface area contributed by atoms with E-state index in [1.165, 1.54) is 11.1 Å². The lowest BCUT2D eigenvalue weighted by Crippen LogP contribution is -2.04. The van der Waals surface area contributed by atoms with E-state index in [2.05, 4.69) is 50.0 Å². The summed E-state index contributed by atoms with van der Waals surface area (Å²) < 4.78 is 5.77. The van der Waals surface area contributed by atoms with Gasteiger partial charge in [-0.05, 0) is 47.9 Å². The molecule has 0 saturated heterocycles. The molecule has 1 heterocycles. The Balaban J connectivity index is 2.65. The van der Waals surface area contributed by atoms with Gasteiger partial charge in [-0.2, -0.15) is 5.10 Å². The summed E-state index contributed by atoms with van der Waals surface area (Å²) in [6.45, 7) is 8.88. The second-order valence-electron chi connectivity index (χ2n) is 6.01. The first-order valence-electron chi connectivity index (χ1n) is 8.04. The SMILES string of the molecule is CCC(C)c1cc(-c2cc(N)n[nH]2)cc(C(C)CC)c1OC. The van der Waals surface area contributed by atoms with Gasteiger partial charge in [-0.25, -0.2) is 0 Å². The van der Waals surface area contributed by atoms with E-state index in [4.69, 9.17) is 10.5 Å². The second kappa shape index (κ2) is 6.86. The van der Waals surface area contributed by atoms with Gasteiger partial charge >= 0.3 is 0 Å². The molecular formula is C18H27N3O. The summed E-state index contributed by atoms with van der Waals surface area (Å²) in [5.41, 5.74) is 10.3. The van der Waals surface area contributed by atoms with Crippen LogP contribution in [0.15, 0.2) is 18.2 Å². The number of nitrogens with zero attached hydrogens (tertiary/aromatic N) is 1. The minimum Gasteiger partial charge on any atom is -0.496 e. The normalized spacial score (nSPS) is 13.9. The van der Waals surface area contributed by atoms with Gasteiger partial charge in [0.05, 0.1) is 12.8 Å². The van der Waals surface area contributed by atoms with Crippen molar-refractivity contribution in [3.05, 3.63) is 29.3 Å². The van der Waals surface area contributed by atoms with Crippen molar-refractivity contribution in [2.45, 2.75) is 52.4 Å². The molecule has 2 unspecified atom stereocenters. The zero-order valence-corrected chi connectivity index (χ0v) is 14.2. The summed E-state index contributed by atoms with van der Waals surface area (Å²) in [6, 6.07) is 6.28. The van der Waals surface area contributed by atoms with Crippen molar-refractivity contribution in [3.8, 4) is 17.0 Å². The van der Waals surface area contributed by atoms with Crippen LogP contribution in [0.1, 0.15) is 63.5 Å². The summed E-state index contributed by atoms with van der Waals surface area (Å²) in [4.78, 5) is 0. The monoisotopic (exact) mass is 301 g/mol. The number of ether oxygens (including phenoxy) is 1. The third kappa shape index (κ3) is 3.11. The summed E-state index contributed by atoms with van der Waals surface area (Å²) in [5, 5.41) is 7.06. The molecule has 4 nitrogen and oxygen atoms in total. The Bertz CT molecular complexity index is 602. The van der Waals surface area contributed by atoms with Gasteiger partial charge in [0, 0.05) is 11.6 Å². The summed E-state index contributed by atoms with van der Waals surface area (Å²) in [5.74, 6) is 2.43. The van der Waals surface area contributed by atoms with Crippen molar-refractivity contribution in [2.24, 2.45) is 0 Å². The van der Waals surface area contributed by atoms with E-state index in [0.29, 0.717) is 17.7 Å². The lowest BCUT2D eigenvalue weighted by Gasteiger charge is -2.22. The molecule has 22 heavy (non-hydrogen) atoms. The van der Waals surface area contributed by atoms with E-state index in [-0.39, 0.29) is 0 Å². The summed E-state index contributed by atoms with van der Waals surface area (Å²) in [6.07, 6.45) is 2.15. The van der Waals surface area contributed by atoms with Crippen LogP contribution in [0.2, 0.25) is 0 Å². The smallest absolute Gasteiger partial charge is 0.145 e. The molecule has 0 amide bonds. The lowest BCUT2D eigenvalue weighted by molar-refractivity contribution is 0.397. The fraction of sp³-hybridized carbons (Fsp3) is 0.500. The molecule has 0 spiro atoms. The van der Waals surface area contributed by atoms with Crippen LogP contribution >= 0.6 is 0 Å². The number of hydrogen-bond donors (Lipinski definition) is 2. The van der Waals surface area contributed by atoms with E-state index in [9.17, 15) is 0 Å². The van der Waals surface area contributed by atoms with Crippen molar-refractivity contribution in [2.75, 3.05) is 12.8 Å². The van der Waals surface area contributed by atoms with Crippen molar-refractivity contribution in [1.29, 1.82) is 0 Å². The van der Waals surface area contributed by atoms with Crippen LogP contribution in [0, 0.1) is 0 Å². The quantitative estimate of drug-likeness (QED) is 0.813. The molecule has 2 aromatic rings. The zero-order chi connectivity index (χ0) is 16.3. The highest BCUT2D eigenvalue weighted by Gasteiger charge is 2.20. The van der Waals surface area contributed by atoms with Crippen LogP contribution in [-0.2, 0) is 0 Å². The average molecular weight is 301 g/mol. The fourth-order valence-corrected chi connectivity index (χ4v) is 2.72. The molecule has 0 radical (unpaired) electrons. The van der Waals surface area contributed by atoms with Crippen LogP contribution in [0.3, 0.4) is 0 Å². The molecule has 1 aromatic heterocycles. The third-order valence-electron chi connectivity index (χ3n) is 4.55. The number of benzene rings is 1. The number of nitrogens with one attached hydrogen (secondary N) is 1. The van der Waals surface area contributed by atoms with Crippen LogP contribution in [0.25, 0.3) is 11.3 Å². The highest BCUT2D eigenvalue weighted by molar-refractivity contribution is 5.67. The van der Waals surface area contributed by atoms with E-state index in [1.807, 2.05) is 6.07 Å². The molecule has 2 atom stereocenters. The molecule has 0 saturated carbocycles. The lowest BCUT2D eigenvalue weighted by atomic mass is 9.87. The van der Waals surface area contributed by atoms with Gasteiger partial charge in [-0.1, -0.05) is 27.7 Å². The van der Waals surface area contributed by atoms with E-state index in [0.717, 1.165) is 29.8 Å². The largest absolute Gasteiger partial charge is 0.496 e. The summed E-state index contributed by atoms with van der Waals surface area (Å²) in [7, 11) is 1.76. The highest BCUT2D eigenvalue weighted by atomic mass is 16.5. The Morgan fingerprint density at radius 1 is 1.09 bits per heavy atom. The van der Waals surface area contributed by atoms with Crippen molar-refractivity contribution < 1.29 is 4.74 Å². The topological polar surface area (TPSA) is 63.9 Å². The van der Waals surface area contributed by atoms with Crippen LogP contribution in [0.5, 0.6) is 5.75 Å². The Kier molecular flexibility index (Phi) is 5.11. The maximum absolute atomic E-state index is 5.77. The predicted molar refractivity (Wildman–Crippen MR) is 92.4 cm³/mol.